The van der Waals surface area contributed by atoms with Crippen LogP contribution in [-0.2, 0) is 14.8 Å². The summed E-state index contributed by atoms with van der Waals surface area (Å²) in [7, 11) is -3.60. The number of halogens is 1. The predicted molar refractivity (Wildman–Crippen MR) is 108 cm³/mol. The molecule has 1 aromatic carbocycles. The van der Waals surface area contributed by atoms with Crippen molar-refractivity contribution >= 4 is 27.5 Å². The second-order valence-electron chi connectivity index (χ2n) is 8.57. The highest BCUT2D eigenvalue weighted by Gasteiger charge is 2.38. The molecule has 2 rings (SSSR count). The lowest BCUT2D eigenvalue weighted by molar-refractivity contribution is -0.122. The number of piperidine rings is 1. The Balaban J connectivity index is 1.77. The summed E-state index contributed by atoms with van der Waals surface area (Å²) in [6.07, 6.45) is 2.33. The van der Waals surface area contributed by atoms with Crippen LogP contribution in [0.2, 0.25) is 5.02 Å². The monoisotopic (exact) mass is 415 g/mol. The van der Waals surface area contributed by atoms with Crippen molar-refractivity contribution in [2.75, 3.05) is 13.1 Å². The molecule has 152 valence electrons. The van der Waals surface area contributed by atoms with Gasteiger partial charge in [0.2, 0.25) is 15.9 Å². The van der Waals surface area contributed by atoms with Crippen LogP contribution in [0.15, 0.2) is 29.2 Å². The van der Waals surface area contributed by atoms with Crippen LogP contribution in [0.5, 0.6) is 0 Å². The highest BCUT2D eigenvalue weighted by atomic mass is 35.5. The van der Waals surface area contributed by atoms with Gasteiger partial charge in [-0.05, 0) is 70.7 Å². The number of rotatable bonds is 7. The predicted octanol–water partition coefficient (Wildman–Crippen LogP) is 2.68. The molecular weight excluding hydrogens is 386 g/mol. The summed E-state index contributed by atoms with van der Waals surface area (Å²) in [6, 6.07) is 5.95. The Labute approximate surface area is 167 Å². The van der Waals surface area contributed by atoms with Gasteiger partial charge in [0.05, 0.1) is 4.90 Å². The van der Waals surface area contributed by atoms with Gasteiger partial charge >= 0.3 is 0 Å². The smallest absolute Gasteiger partial charge is 0.240 e. The quantitative estimate of drug-likeness (QED) is 0.597. The van der Waals surface area contributed by atoms with Gasteiger partial charge in [-0.3, -0.25) is 4.79 Å². The molecule has 27 heavy (non-hydrogen) atoms. The summed E-state index contributed by atoms with van der Waals surface area (Å²) >= 11 is 5.77. The third-order valence-electron chi connectivity index (χ3n) is 4.61. The van der Waals surface area contributed by atoms with Gasteiger partial charge in [0, 0.05) is 35.6 Å². The summed E-state index contributed by atoms with van der Waals surface area (Å²) in [5.74, 6) is 0.265. The molecule has 8 heteroatoms. The van der Waals surface area contributed by atoms with Crippen molar-refractivity contribution in [3.05, 3.63) is 29.3 Å². The fraction of sp³-hybridized carbons (Fsp3) is 0.632. The number of sulfonamides is 1. The second kappa shape index (κ2) is 8.47. The molecule has 0 atom stereocenters. The summed E-state index contributed by atoms with van der Waals surface area (Å²) in [6.45, 7) is 9.02. The molecule has 0 saturated carbocycles. The van der Waals surface area contributed by atoms with Gasteiger partial charge in [-0.15, -0.1) is 0 Å². The maximum atomic E-state index is 12.2. The zero-order valence-corrected chi connectivity index (χ0v) is 18.0. The molecule has 0 aliphatic carbocycles. The Morgan fingerprint density at radius 2 is 1.67 bits per heavy atom. The Kier molecular flexibility index (Phi) is 6.95. The Morgan fingerprint density at radius 3 is 2.22 bits per heavy atom. The minimum absolute atomic E-state index is 0.000903. The van der Waals surface area contributed by atoms with E-state index in [1.165, 1.54) is 24.3 Å². The van der Waals surface area contributed by atoms with Gasteiger partial charge in [-0.2, -0.15) is 0 Å². The van der Waals surface area contributed by atoms with E-state index in [1.807, 2.05) is 0 Å². The largest absolute Gasteiger partial charge is 0.355 e. The molecule has 1 fully saturated rings. The molecule has 1 aliphatic heterocycles. The third kappa shape index (κ3) is 7.07. The molecule has 3 N–H and O–H groups in total. The highest BCUT2D eigenvalue weighted by Crippen LogP contribution is 2.34. The molecular formula is C19H30ClN3O3S. The lowest BCUT2D eigenvalue weighted by Gasteiger charge is -2.46. The number of hydrogen-bond donors (Lipinski definition) is 3. The van der Waals surface area contributed by atoms with E-state index in [-0.39, 0.29) is 35.0 Å². The fourth-order valence-corrected chi connectivity index (χ4v) is 5.25. The van der Waals surface area contributed by atoms with Crippen molar-refractivity contribution in [3.63, 3.8) is 0 Å². The second-order valence-corrected chi connectivity index (χ2v) is 10.8. The maximum Gasteiger partial charge on any atom is 0.240 e. The first-order valence-corrected chi connectivity index (χ1v) is 11.1. The normalized spacial score (nSPS) is 19.6. The molecule has 0 bridgehead atoms. The van der Waals surface area contributed by atoms with Crippen LogP contribution in [0.1, 0.15) is 47.0 Å². The third-order valence-corrected chi connectivity index (χ3v) is 6.34. The summed E-state index contributed by atoms with van der Waals surface area (Å²) in [5, 5.41) is 6.89. The van der Waals surface area contributed by atoms with Crippen molar-refractivity contribution in [3.8, 4) is 0 Å². The van der Waals surface area contributed by atoms with Crippen molar-refractivity contribution in [2.24, 2.45) is 5.92 Å². The number of benzene rings is 1. The first kappa shape index (κ1) is 22.1. The first-order valence-electron chi connectivity index (χ1n) is 9.20. The summed E-state index contributed by atoms with van der Waals surface area (Å²) in [4.78, 5) is 12.4. The zero-order chi connectivity index (χ0) is 20.3. The lowest BCUT2D eigenvalue weighted by Crippen LogP contribution is -2.58. The van der Waals surface area contributed by atoms with Crippen molar-refractivity contribution in [1.82, 2.24) is 15.4 Å². The molecule has 1 aromatic rings. The molecule has 0 radical (unpaired) electrons. The molecule has 1 saturated heterocycles. The SMILES string of the molecule is CC1(C)CC(CC(=O)NCCNS(=O)(=O)c2ccc(Cl)cc2)CC(C)(C)N1. The van der Waals surface area contributed by atoms with Crippen LogP contribution < -0.4 is 15.4 Å². The van der Waals surface area contributed by atoms with E-state index in [0.717, 1.165) is 12.8 Å². The minimum Gasteiger partial charge on any atom is -0.355 e. The molecule has 0 unspecified atom stereocenters. The maximum absolute atomic E-state index is 12.2. The highest BCUT2D eigenvalue weighted by molar-refractivity contribution is 7.89. The van der Waals surface area contributed by atoms with Crippen molar-refractivity contribution in [1.29, 1.82) is 0 Å². The van der Waals surface area contributed by atoms with Gasteiger partial charge in [0.1, 0.15) is 0 Å². The van der Waals surface area contributed by atoms with E-state index < -0.39 is 10.0 Å². The lowest BCUT2D eigenvalue weighted by atomic mass is 9.74. The number of hydrogen-bond acceptors (Lipinski definition) is 4. The van der Waals surface area contributed by atoms with E-state index in [9.17, 15) is 13.2 Å². The Morgan fingerprint density at radius 1 is 1.11 bits per heavy atom. The topological polar surface area (TPSA) is 87.3 Å². The molecule has 6 nitrogen and oxygen atoms in total. The van der Waals surface area contributed by atoms with Gasteiger partial charge < -0.3 is 10.6 Å². The summed E-state index contributed by atoms with van der Waals surface area (Å²) < 4.78 is 26.8. The molecule has 1 heterocycles. The van der Waals surface area contributed by atoms with Crippen LogP contribution in [0.25, 0.3) is 0 Å². The van der Waals surface area contributed by atoms with Gasteiger partial charge in [-0.1, -0.05) is 11.6 Å². The number of carbonyl (C=O) groups is 1. The number of carbonyl (C=O) groups excluding carboxylic acids is 1. The summed E-state index contributed by atoms with van der Waals surface area (Å²) in [5.41, 5.74) is 0.00181. The van der Waals surface area contributed by atoms with Crippen molar-refractivity contribution in [2.45, 2.75) is 62.9 Å². The number of amides is 1. The average Bonchev–Trinajstić information content (AvgIpc) is 2.49. The van der Waals surface area contributed by atoms with Gasteiger partial charge in [0.15, 0.2) is 0 Å². The van der Waals surface area contributed by atoms with Gasteiger partial charge in [0.25, 0.3) is 0 Å². The average molecular weight is 416 g/mol. The Bertz CT molecular complexity index is 745. The fourth-order valence-electron chi connectivity index (χ4n) is 4.10. The molecule has 1 amide bonds. The standard InChI is InChI=1S/C19H30ClN3O3S/c1-18(2)12-14(13-19(3,4)23-18)11-17(24)21-9-10-22-27(25,26)16-7-5-15(20)6-8-16/h5-8,14,22-23H,9-13H2,1-4H3,(H,21,24). The minimum atomic E-state index is -3.60. The van der Waals surface area contributed by atoms with Crippen molar-refractivity contribution < 1.29 is 13.2 Å². The zero-order valence-electron chi connectivity index (χ0n) is 16.4. The van der Waals surface area contributed by atoms with Crippen LogP contribution in [0.3, 0.4) is 0 Å². The molecule has 1 aliphatic rings. The van der Waals surface area contributed by atoms with Crippen LogP contribution in [-0.4, -0.2) is 38.5 Å². The van der Waals surface area contributed by atoms with E-state index in [2.05, 4.69) is 43.1 Å². The Hall–Kier alpha value is -1.15. The molecule has 0 aromatic heterocycles. The van der Waals surface area contributed by atoms with Crippen LogP contribution >= 0.6 is 11.6 Å². The van der Waals surface area contributed by atoms with Crippen LogP contribution in [0.4, 0.5) is 0 Å². The van der Waals surface area contributed by atoms with Crippen LogP contribution in [0, 0.1) is 5.92 Å². The van der Waals surface area contributed by atoms with E-state index in [1.54, 1.807) is 0 Å². The van der Waals surface area contributed by atoms with E-state index >= 15 is 0 Å². The van der Waals surface area contributed by atoms with Gasteiger partial charge in [-0.25, -0.2) is 13.1 Å². The number of nitrogens with one attached hydrogen (secondary N) is 3. The first-order chi connectivity index (χ1) is 12.4. The van der Waals surface area contributed by atoms with E-state index in [4.69, 9.17) is 11.6 Å². The molecule has 0 spiro atoms. The van der Waals surface area contributed by atoms with E-state index in [0.29, 0.717) is 17.4 Å².